The van der Waals surface area contributed by atoms with E-state index in [2.05, 4.69) is 4.98 Å². The van der Waals surface area contributed by atoms with Crippen molar-refractivity contribution >= 4 is 22.6 Å². The summed E-state index contributed by atoms with van der Waals surface area (Å²) in [6, 6.07) is 2.99. The van der Waals surface area contributed by atoms with E-state index in [1.807, 2.05) is 4.57 Å². The summed E-state index contributed by atoms with van der Waals surface area (Å²) in [5.74, 6) is 0.847. The third-order valence-electron chi connectivity index (χ3n) is 4.64. The zero-order valence-electron chi connectivity index (χ0n) is 11.7. The molecular formula is C16H17ClF2N2. The van der Waals surface area contributed by atoms with Crippen molar-refractivity contribution in [3.8, 4) is 0 Å². The third-order valence-corrected chi connectivity index (χ3v) is 4.83. The number of halogens is 3. The van der Waals surface area contributed by atoms with Crippen molar-refractivity contribution in [2.24, 2.45) is 11.8 Å². The molecule has 1 heterocycles. The van der Waals surface area contributed by atoms with E-state index in [-0.39, 0.29) is 6.04 Å². The standard InChI is InChI=1S/C16H17ClF2N2/c17-8-7-13-20-12-6-5-11(18)14(19)16(12)21(13)15(9-1-2-9)10-3-4-10/h5-6,9-10,15H,1-4,7-8H2. The van der Waals surface area contributed by atoms with E-state index in [1.54, 1.807) is 6.07 Å². The van der Waals surface area contributed by atoms with Gasteiger partial charge in [-0.05, 0) is 49.7 Å². The number of alkyl halides is 1. The van der Waals surface area contributed by atoms with Crippen LogP contribution in [0.4, 0.5) is 8.78 Å². The van der Waals surface area contributed by atoms with Gasteiger partial charge in [-0.3, -0.25) is 0 Å². The lowest BCUT2D eigenvalue weighted by Crippen LogP contribution is -2.17. The number of fused-ring (bicyclic) bond motifs is 1. The SMILES string of the molecule is Fc1ccc2nc(CCCl)n(C(C3CC3)C3CC3)c2c1F. The molecule has 2 aromatic rings. The molecule has 21 heavy (non-hydrogen) atoms. The maximum Gasteiger partial charge on any atom is 0.184 e. The summed E-state index contributed by atoms with van der Waals surface area (Å²) in [5, 5.41) is 0. The lowest BCUT2D eigenvalue weighted by Gasteiger charge is -2.21. The van der Waals surface area contributed by atoms with Gasteiger partial charge in [-0.25, -0.2) is 13.8 Å². The van der Waals surface area contributed by atoms with Crippen molar-refractivity contribution in [3.63, 3.8) is 0 Å². The number of aryl methyl sites for hydroxylation is 1. The largest absolute Gasteiger partial charge is 0.322 e. The first-order valence-electron chi connectivity index (χ1n) is 7.61. The molecule has 2 fully saturated rings. The summed E-state index contributed by atoms with van der Waals surface area (Å²) in [4.78, 5) is 4.52. The van der Waals surface area contributed by atoms with Crippen molar-refractivity contribution in [2.45, 2.75) is 38.1 Å². The molecule has 0 unspecified atom stereocenters. The molecule has 5 heteroatoms. The normalized spacial score (nSPS) is 18.9. The molecule has 0 saturated heterocycles. The van der Waals surface area contributed by atoms with Crippen molar-refractivity contribution in [1.82, 2.24) is 9.55 Å². The molecule has 0 atom stereocenters. The fourth-order valence-corrected chi connectivity index (χ4v) is 3.60. The van der Waals surface area contributed by atoms with Gasteiger partial charge in [0.05, 0.1) is 5.52 Å². The highest BCUT2D eigenvalue weighted by molar-refractivity contribution is 6.17. The number of rotatable bonds is 5. The fourth-order valence-electron chi connectivity index (χ4n) is 3.44. The molecule has 2 nitrogen and oxygen atoms in total. The fraction of sp³-hybridized carbons (Fsp3) is 0.562. The van der Waals surface area contributed by atoms with Crippen LogP contribution in [-0.2, 0) is 6.42 Å². The van der Waals surface area contributed by atoms with E-state index < -0.39 is 11.6 Å². The first kappa shape index (κ1) is 13.5. The van der Waals surface area contributed by atoms with Crippen molar-refractivity contribution < 1.29 is 8.78 Å². The Hall–Kier alpha value is -1.16. The molecule has 1 aromatic carbocycles. The molecule has 0 bridgehead atoms. The number of nitrogens with zero attached hydrogens (tertiary/aromatic N) is 2. The Bertz CT molecular complexity index is 677. The Morgan fingerprint density at radius 2 is 1.86 bits per heavy atom. The summed E-state index contributed by atoms with van der Waals surface area (Å²) in [6.45, 7) is 0. The van der Waals surface area contributed by atoms with Crippen LogP contribution in [0.1, 0.15) is 37.5 Å². The van der Waals surface area contributed by atoms with Gasteiger partial charge in [0.2, 0.25) is 0 Å². The van der Waals surface area contributed by atoms with Gasteiger partial charge in [-0.2, -0.15) is 0 Å². The van der Waals surface area contributed by atoms with E-state index in [0.29, 0.717) is 35.2 Å². The van der Waals surface area contributed by atoms with Crippen LogP contribution in [0, 0.1) is 23.5 Å². The highest BCUT2D eigenvalue weighted by atomic mass is 35.5. The van der Waals surface area contributed by atoms with Gasteiger partial charge in [0.1, 0.15) is 11.3 Å². The van der Waals surface area contributed by atoms with Crippen molar-refractivity contribution in [1.29, 1.82) is 0 Å². The molecule has 2 aliphatic carbocycles. The second kappa shape index (κ2) is 4.94. The van der Waals surface area contributed by atoms with Crippen molar-refractivity contribution in [2.75, 3.05) is 5.88 Å². The van der Waals surface area contributed by atoms with Crippen LogP contribution < -0.4 is 0 Å². The Morgan fingerprint density at radius 3 is 2.43 bits per heavy atom. The molecule has 4 rings (SSSR count). The maximum absolute atomic E-state index is 14.4. The van der Waals surface area contributed by atoms with E-state index in [9.17, 15) is 8.78 Å². The van der Waals surface area contributed by atoms with Crippen LogP contribution in [0.5, 0.6) is 0 Å². The quantitative estimate of drug-likeness (QED) is 0.746. The molecule has 112 valence electrons. The van der Waals surface area contributed by atoms with Gasteiger partial charge in [0, 0.05) is 18.3 Å². The van der Waals surface area contributed by atoms with Crippen LogP contribution in [0.2, 0.25) is 0 Å². The lowest BCUT2D eigenvalue weighted by atomic mass is 10.1. The summed E-state index contributed by atoms with van der Waals surface area (Å²) in [7, 11) is 0. The van der Waals surface area contributed by atoms with E-state index in [0.717, 1.165) is 11.9 Å². The van der Waals surface area contributed by atoms with Crippen LogP contribution >= 0.6 is 11.6 Å². The Balaban J connectivity index is 1.94. The summed E-state index contributed by atoms with van der Waals surface area (Å²) in [5.41, 5.74) is 0.874. The third kappa shape index (κ3) is 2.24. The minimum Gasteiger partial charge on any atom is -0.322 e. The smallest absolute Gasteiger partial charge is 0.184 e. The van der Waals surface area contributed by atoms with Crippen molar-refractivity contribution in [3.05, 3.63) is 29.6 Å². The Kier molecular flexibility index (Phi) is 3.18. The molecule has 0 amide bonds. The molecule has 0 radical (unpaired) electrons. The summed E-state index contributed by atoms with van der Waals surface area (Å²) >= 11 is 5.88. The predicted molar refractivity (Wildman–Crippen MR) is 78.6 cm³/mol. The van der Waals surface area contributed by atoms with Gasteiger partial charge < -0.3 is 4.57 Å². The zero-order valence-corrected chi connectivity index (χ0v) is 12.4. The van der Waals surface area contributed by atoms with E-state index in [1.165, 1.54) is 25.7 Å². The van der Waals surface area contributed by atoms with Crippen LogP contribution in [0.3, 0.4) is 0 Å². The number of hydrogen-bond donors (Lipinski definition) is 0. The summed E-state index contributed by atoms with van der Waals surface area (Å²) < 4.78 is 30.0. The Morgan fingerprint density at radius 1 is 1.19 bits per heavy atom. The van der Waals surface area contributed by atoms with Crippen LogP contribution in [0.15, 0.2) is 12.1 Å². The molecule has 2 aliphatic rings. The second-order valence-corrected chi connectivity index (χ2v) is 6.61. The minimum atomic E-state index is -0.800. The van der Waals surface area contributed by atoms with Gasteiger partial charge in [-0.15, -0.1) is 11.6 Å². The maximum atomic E-state index is 14.4. The average Bonchev–Trinajstić information content (AvgIpc) is 3.35. The van der Waals surface area contributed by atoms with Gasteiger partial charge in [0.15, 0.2) is 11.6 Å². The van der Waals surface area contributed by atoms with E-state index >= 15 is 0 Å². The molecular weight excluding hydrogens is 294 g/mol. The second-order valence-electron chi connectivity index (χ2n) is 6.23. The van der Waals surface area contributed by atoms with Crippen LogP contribution in [-0.4, -0.2) is 15.4 Å². The lowest BCUT2D eigenvalue weighted by molar-refractivity contribution is 0.388. The number of hydrogen-bond acceptors (Lipinski definition) is 1. The highest BCUT2D eigenvalue weighted by Gasteiger charge is 2.44. The van der Waals surface area contributed by atoms with E-state index in [4.69, 9.17) is 11.6 Å². The van der Waals surface area contributed by atoms with Crippen LogP contribution in [0.25, 0.3) is 11.0 Å². The molecule has 0 N–H and O–H groups in total. The number of imidazole rings is 1. The minimum absolute atomic E-state index is 0.268. The zero-order chi connectivity index (χ0) is 14.6. The van der Waals surface area contributed by atoms with Gasteiger partial charge >= 0.3 is 0 Å². The molecule has 0 spiro atoms. The predicted octanol–water partition coefficient (Wildman–Crippen LogP) is 4.46. The molecule has 2 saturated carbocycles. The summed E-state index contributed by atoms with van der Waals surface area (Å²) in [6.07, 6.45) is 5.31. The topological polar surface area (TPSA) is 17.8 Å². The van der Waals surface area contributed by atoms with Gasteiger partial charge in [0.25, 0.3) is 0 Å². The van der Waals surface area contributed by atoms with Gasteiger partial charge in [-0.1, -0.05) is 0 Å². The highest BCUT2D eigenvalue weighted by Crippen LogP contribution is 2.53. The molecule has 1 aromatic heterocycles. The first-order chi connectivity index (χ1) is 10.2. The number of benzene rings is 1. The monoisotopic (exact) mass is 310 g/mol. The first-order valence-corrected chi connectivity index (χ1v) is 8.15. The molecule has 0 aliphatic heterocycles. The average molecular weight is 311 g/mol. The number of aromatic nitrogens is 2. The Labute approximate surface area is 127 Å².